The molecule has 1 aromatic carbocycles. The second-order valence-electron chi connectivity index (χ2n) is 5.30. The van der Waals surface area contributed by atoms with E-state index in [0.29, 0.717) is 5.56 Å². The van der Waals surface area contributed by atoms with E-state index in [1.54, 1.807) is 12.1 Å². The highest BCUT2D eigenvalue weighted by atomic mass is 32.1. The van der Waals surface area contributed by atoms with Crippen molar-refractivity contribution in [3.63, 3.8) is 0 Å². The van der Waals surface area contributed by atoms with E-state index in [9.17, 15) is 4.79 Å². The summed E-state index contributed by atoms with van der Waals surface area (Å²) in [6, 6.07) is 7.25. The maximum Gasteiger partial charge on any atom is 0.335 e. The summed E-state index contributed by atoms with van der Waals surface area (Å²) in [4.78, 5) is 10.7. The second-order valence-corrected chi connectivity index (χ2v) is 5.75. The lowest BCUT2D eigenvalue weighted by Gasteiger charge is -2.03. The van der Waals surface area contributed by atoms with Gasteiger partial charge in [-0.2, -0.15) is 12.6 Å². The predicted octanol–water partition coefficient (Wildman–Crippen LogP) is 4.98. The van der Waals surface area contributed by atoms with Gasteiger partial charge in [-0.3, -0.25) is 0 Å². The summed E-state index contributed by atoms with van der Waals surface area (Å²) in [5.74, 6) is 0.162. The molecule has 0 aromatic heterocycles. The van der Waals surface area contributed by atoms with Crippen LogP contribution in [0, 0.1) is 0 Å². The number of carbonyl (C=O) groups is 1. The summed E-state index contributed by atoms with van der Waals surface area (Å²) in [6.07, 6.45) is 11.4. The van der Waals surface area contributed by atoms with E-state index < -0.39 is 5.97 Å². The van der Waals surface area contributed by atoms with E-state index in [1.165, 1.54) is 56.9 Å². The Kier molecular flexibility index (Phi) is 9.22. The van der Waals surface area contributed by atoms with Gasteiger partial charge in [0, 0.05) is 0 Å². The third-order valence-electron chi connectivity index (χ3n) is 3.57. The van der Waals surface area contributed by atoms with Crippen molar-refractivity contribution in [1.29, 1.82) is 0 Å². The lowest BCUT2D eigenvalue weighted by atomic mass is 10.0. The highest BCUT2D eigenvalue weighted by Gasteiger charge is 2.01. The van der Waals surface area contributed by atoms with Crippen molar-refractivity contribution in [2.24, 2.45) is 0 Å². The van der Waals surface area contributed by atoms with Gasteiger partial charge in [-0.05, 0) is 42.7 Å². The summed E-state index contributed by atoms with van der Waals surface area (Å²) in [5.41, 5.74) is 1.61. The first-order valence-electron chi connectivity index (χ1n) is 7.67. The van der Waals surface area contributed by atoms with Crippen LogP contribution in [-0.4, -0.2) is 16.8 Å². The molecule has 0 bridgehead atoms. The summed E-state index contributed by atoms with van der Waals surface area (Å²) in [5, 5.41) is 8.82. The average molecular weight is 294 g/mol. The van der Waals surface area contributed by atoms with Crippen molar-refractivity contribution >= 4 is 18.6 Å². The van der Waals surface area contributed by atoms with Crippen LogP contribution < -0.4 is 0 Å². The minimum Gasteiger partial charge on any atom is -0.478 e. The highest BCUT2D eigenvalue weighted by molar-refractivity contribution is 7.80. The average Bonchev–Trinajstić information content (AvgIpc) is 2.46. The maximum absolute atomic E-state index is 10.7. The molecule has 0 fully saturated rings. The van der Waals surface area contributed by atoms with Crippen LogP contribution in [0.25, 0.3) is 0 Å². The molecule has 0 saturated carbocycles. The number of carboxylic acids is 1. The normalized spacial score (nSPS) is 10.7. The van der Waals surface area contributed by atoms with E-state index in [4.69, 9.17) is 5.11 Å². The minimum absolute atomic E-state index is 0.370. The molecule has 1 aromatic rings. The standard InChI is InChI=1S/C17H26O2S/c18-17(19)16-12-10-15(11-13-16)9-7-5-3-1-2-4-6-8-14-20/h10-13,20H,1-9,14H2,(H,18,19). The van der Waals surface area contributed by atoms with Crippen LogP contribution in [0.4, 0.5) is 0 Å². The van der Waals surface area contributed by atoms with Crippen molar-refractivity contribution in [3.05, 3.63) is 35.4 Å². The molecule has 0 unspecified atom stereocenters. The number of benzene rings is 1. The van der Waals surface area contributed by atoms with Crippen LogP contribution in [0.5, 0.6) is 0 Å². The molecular weight excluding hydrogens is 268 g/mol. The van der Waals surface area contributed by atoms with Crippen LogP contribution in [0.2, 0.25) is 0 Å². The zero-order chi connectivity index (χ0) is 14.6. The molecule has 1 N–H and O–H groups in total. The Morgan fingerprint density at radius 1 is 0.850 bits per heavy atom. The second kappa shape index (κ2) is 10.8. The predicted molar refractivity (Wildman–Crippen MR) is 87.9 cm³/mol. The Morgan fingerprint density at radius 3 is 1.85 bits per heavy atom. The summed E-state index contributed by atoms with van der Waals surface area (Å²) >= 11 is 4.21. The molecule has 0 amide bonds. The van der Waals surface area contributed by atoms with E-state index in [1.807, 2.05) is 12.1 Å². The fourth-order valence-electron chi connectivity index (χ4n) is 2.32. The van der Waals surface area contributed by atoms with Gasteiger partial charge >= 0.3 is 5.97 Å². The molecule has 0 heterocycles. The summed E-state index contributed by atoms with van der Waals surface area (Å²) in [6.45, 7) is 0. The van der Waals surface area contributed by atoms with Crippen molar-refractivity contribution in [2.45, 2.75) is 57.8 Å². The zero-order valence-corrected chi connectivity index (χ0v) is 13.1. The summed E-state index contributed by atoms with van der Waals surface area (Å²) < 4.78 is 0. The smallest absolute Gasteiger partial charge is 0.335 e. The first-order chi connectivity index (χ1) is 9.74. The Bertz CT molecular complexity index is 373. The first-order valence-corrected chi connectivity index (χ1v) is 8.30. The molecule has 0 saturated heterocycles. The topological polar surface area (TPSA) is 37.3 Å². The van der Waals surface area contributed by atoms with Gasteiger partial charge in [-0.1, -0.05) is 50.7 Å². The third-order valence-corrected chi connectivity index (χ3v) is 3.89. The number of rotatable bonds is 11. The van der Waals surface area contributed by atoms with Crippen LogP contribution in [0.1, 0.15) is 67.3 Å². The number of hydrogen-bond donors (Lipinski definition) is 2. The van der Waals surface area contributed by atoms with Crippen molar-refractivity contribution in [2.75, 3.05) is 5.75 Å². The molecular formula is C17H26O2S. The molecule has 3 heteroatoms. The molecule has 20 heavy (non-hydrogen) atoms. The monoisotopic (exact) mass is 294 g/mol. The van der Waals surface area contributed by atoms with Crippen LogP contribution in [-0.2, 0) is 6.42 Å². The Hall–Kier alpha value is -0.960. The third kappa shape index (κ3) is 7.59. The van der Waals surface area contributed by atoms with Crippen LogP contribution in [0.3, 0.4) is 0 Å². The van der Waals surface area contributed by atoms with Gasteiger partial charge in [0.05, 0.1) is 5.56 Å². The number of carboxylic acid groups (broad SMARTS) is 1. The Morgan fingerprint density at radius 2 is 1.35 bits per heavy atom. The zero-order valence-electron chi connectivity index (χ0n) is 12.2. The molecule has 0 aliphatic rings. The molecule has 2 nitrogen and oxygen atoms in total. The quantitative estimate of drug-likeness (QED) is 0.446. The van der Waals surface area contributed by atoms with Gasteiger partial charge in [0.1, 0.15) is 0 Å². The van der Waals surface area contributed by atoms with Crippen molar-refractivity contribution < 1.29 is 9.90 Å². The van der Waals surface area contributed by atoms with E-state index >= 15 is 0 Å². The molecule has 0 atom stereocenters. The highest BCUT2D eigenvalue weighted by Crippen LogP contribution is 2.12. The SMILES string of the molecule is O=C(O)c1ccc(CCCCCCCCCCS)cc1. The molecule has 1 rings (SSSR count). The molecule has 112 valence electrons. The van der Waals surface area contributed by atoms with Crippen LogP contribution >= 0.6 is 12.6 Å². The van der Waals surface area contributed by atoms with Crippen molar-refractivity contribution in [1.82, 2.24) is 0 Å². The molecule has 0 spiro atoms. The maximum atomic E-state index is 10.7. The summed E-state index contributed by atoms with van der Waals surface area (Å²) in [7, 11) is 0. The molecule has 0 radical (unpaired) electrons. The van der Waals surface area contributed by atoms with E-state index in [2.05, 4.69) is 12.6 Å². The lowest BCUT2D eigenvalue weighted by Crippen LogP contribution is -1.96. The van der Waals surface area contributed by atoms with Gasteiger partial charge in [-0.15, -0.1) is 0 Å². The van der Waals surface area contributed by atoms with E-state index in [-0.39, 0.29) is 0 Å². The lowest BCUT2D eigenvalue weighted by molar-refractivity contribution is 0.0697. The number of aromatic carboxylic acids is 1. The largest absolute Gasteiger partial charge is 0.478 e. The van der Waals surface area contributed by atoms with Gasteiger partial charge in [0.15, 0.2) is 0 Å². The number of unbranched alkanes of at least 4 members (excludes halogenated alkanes) is 7. The van der Waals surface area contributed by atoms with Crippen molar-refractivity contribution in [3.8, 4) is 0 Å². The van der Waals surface area contributed by atoms with Gasteiger partial charge < -0.3 is 5.11 Å². The van der Waals surface area contributed by atoms with Gasteiger partial charge in [0.25, 0.3) is 0 Å². The van der Waals surface area contributed by atoms with Crippen LogP contribution in [0.15, 0.2) is 24.3 Å². The van der Waals surface area contributed by atoms with E-state index in [0.717, 1.165) is 12.2 Å². The number of aryl methyl sites for hydroxylation is 1. The molecule has 0 aliphatic carbocycles. The fraction of sp³-hybridized carbons (Fsp3) is 0.588. The Labute approximate surface area is 128 Å². The minimum atomic E-state index is -0.852. The molecule has 0 aliphatic heterocycles. The first kappa shape index (κ1) is 17.1. The van der Waals surface area contributed by atoms with Gasteiger partial charge in [0.2, 0.25) is 0 Å². The number of hydrogen-bond acceptors (Lipinski definition) is 2. The fourth-order valence-corrected chi connectivity index (χ4v) is 2.54. The Balaban J connectivity index is 2.02. The van der Waals surface area contributed by atoms with Gasteiger partial charge in [-0.25, -0.2) is 4.79 Å². The number of thiol groups is 1.